The summed E-state index contributed by atoms with van der Waals surface area (Å²) in [5.74, 6) is -0.177. The van der Waals surface area contributed by atoms with E-state index in [1.807, 2.05) is 0 Å². The number of ether oxygens (including phenoxy) is 1. The van der Waals surface area contributed by atoms with Gasteiger partial charge in [0.1, 0.15) is 11.4 Å². The second-order valence-electron chi connectivity index (χ2n) is 6.55. The van der Waals surface area contributed by atoms with Crippen LogP contribution in [-0.4, -0.2) is 65.2 Å². The van der Waals surface area contributed by atoms with Crippen LogP contribution in [0.1, 0.15) is 31.1 Å². The summed E-state index contributed by atoms with van der Waals surface area (Å²) in [6, 6.07) is 3.21. The van der Waals surface area contributed by atoms with Gasteiger partial charge in [-0.3, -0.25) is 9.63 Å². The first kappa shape index (κ1) is 18.2. The number of hydroxylamine groups is 2. The van der Waals surface area contributed by atoms with Gasteiger partial charge in [0, 0.05) is 37.9 Å². The highest BCUT2D eigenvalue weighted by molar-refractivity contribution is 5.94. The third-order valence-corrected chi connectivity index (χ3v) is 3.34. The molecular weight excluding hydrogens is 312 g/mol. The molecule has 1 aliphatic heterocycles. The summed E-state index contributed by atoms with van der Waals surface area (Å²) in [7, 11) is 0. The van der Waals surface area contributed by atoms with Gasteiger partial charge in [0.15, 0.2) is 6.61 Å². The molecule has 1 aromatic heterocycles. The Morgan fingerprint density at radius 1 is 1.25 bits per heavy atom. The van der Waals surface area contributed by atoms with Gasteiger partial charge in [0.2, 0.25) is 0 Å². The van der Waals surface area contributed by atoms with E-state index in [1.165, 1.54) is 6.20 Å². The number of nitrogens with two attached hydrogens (primary N) is 1. The molecule has 1 aromatic rings. The molecule has 0 aliphatic carbocycles. The topological polar surface area (TPSA) is 98.0 Å². The zero-order chi connectivity index (χ0) is 17.7. The number of piperazine rings is 1. The molecule has 8 nitrogen and oxygen atoms in total. The first-order valence-corrected chi connectivity index (χ1v) is 7.85. The Bertz CT molecular complexity index is 592. The number of esters is 1. The van der Waals surface area contributed by atoms with E-state index in [9.17, 15) is 9.59 Å². The molecule has 0 bridgehead atoms. The Morgan fingerprint density at radius 2 is 1.92 bits per heavy atom. The van der Waals surface area contributed by atoms with Crippen molar-refractivity contribution < 1.29 is 19.2 Å². The molecule has 0 unspecified atom stereocenters. The van der Waals surface area contributed by atoms with Crippen LogP contribution in [0.5, 0.6) is 0 Å². The third-order valence-electron chi connectivity index (χ3n) is 3.34. The number of amides is 1. The van der Waals surface area contributed by atoms with Crippen molar-refractivity contribution in [1.82, 2.24) is 14.9 Å². The number of carbonyl (C=O) groups excluding carboxylic acids is 2. The normalized spacial score (nSPS) is 16.0. The lowest BCUT2D eigenvalue weighted by atomic mass is 10.2. The molecule has 24 heavy (non-hydrogen) atoms. The van der Waals surface area contributed by atoms with Crippen LogP contribution in [0.2, 0.25) is 0 Å². The van der Waals surface area contributed by atoms with E-state index in [2.05, 4.69) is 4.98 Å². The summed E-state index contributed by atoms with van der Waals surface area (Å²) in [6.07, 6.45) is 1.52. The molecule has 2 heterocycles. The highest BCUT2D eigenvalue weighted by Crippen LogP contribution is 2.11. The van der Waals surface area contributed by atoms with Gasteiger partial charge < -0.3 is 15.4 Å². The number of aromatic nitrogens is 1. The van der Waals surface area contributed by atoms with Crippen LogP contribution < -0.4 is 5.73 Å². The predicted octanol–water partition coefficient (Wildman–Crippen LogP) is 0.695. The zero-order valence-corrected chi connectivity index (χ0v) is 14.3. The van der Waals surface area contributed by atoms with E-state index in [4.69, 9.17) is 15.3 Å². The van der Waals surface area contributed by atoms with Gasteiger partial charge in [-0.1, -0.05) is 0 Å². The molecule has 1 amide bonds. The first-order valence-electron chi connectivity index (χ1n) is 7.85. The van der Waals surface area contributed by atoms with Crippen LogP contribution in [0.25, 0.3) is 0 Å². The fraction of sp³-hybridized carbons (Fsp3) is 0.562. The van der Waals surface area contributed by atoms with Gasteiger partial charge in [-0.2, -0.15) is 5.06 Å². The number of nitrogen functional groups attached to an aromatic ring is 1. The highest BCUT2D eigenvalue weighted by Gasteiger charge is 2.24. The smallest absolute Gasteiger partial charge is 0.334 e. The fourth-order valence-corrected chi connectivity index (χ4v) is 2.30. The molecule has 0 atom stereocenters. The lowest BCUT2D eigenvalue weighted by molar-refractivity contribution is -0.198. The number of pyridine rings is 1. The second kappa shape index (κ2) is 7.59. The van der Waals surface area contributed by atoms with Gasteiger partial charge in [0.05, 0.1) is 0 Å². The van der Waals surface area contributed by atoms with Crippen molar-refractivity contribution in [3.8, 4) is 0 Å². The lowest BCUT2D eigenvalue weighted by Gasteiger charge is -2.33. The van der Waals surface area contributed by atoms with Crippen LogP contribution in [-0.2, 0) is 14.4 Å². The maximum absolute atomic E-state index is 12.4. The number of hydrogen-bond acceptors (Lipinski definition) is 7. The summed E-state index contributed by atoms with van der Waals surface area (Å²) in [6.45, 7) is 7.35. The molecule has 0 radical (unpaired) electrons. The van der Waals surface area contributed by atoms with Crippen molar-refractivity contribution in [3.05, 3.63) is 23.9 Å². The largest absolute Gasteiger partial charge is 0.458 e. The molecule has 2 N–H and O–H groups in total. The summed E-state index contributed by atoms with van der Waals surface area (Å²) in [4.78, 5) is 35.1. The number of rotatable bonds is 4. The maximum atomic E-state index is 12.4. The van der Waals surface area contributed by atoms with Gasteiger partial charge in [0.25, 0.3) is 5.91 Å². The summed E-state index contributed by atoms with van der Waals surface area (Å²) in [5.41, 5.74) is 5.59. The SMILES string of the molecule is CC(C)(C)OC(=O)CON1CCN(C(=O)c2ccnc(N)c2)CC1. The number of hydrogen-bond donors (Lipinski definition) is 1. The van der Waals surface area contributed by atoms with E-state index < -0.39 is 11.6 Å². The van der Waals surface area contributed by atoms with Crippen molar-refractivity contribution in [2.45, 2.75) is 26.4 Å². The Morgan fingerprint density at radius 3 is 2.50 bits per heavy atom. The van der Waals surface area contributed by atoms with E-state index in [0.717, 1.165) is 0 Å². The van der Waals surface area contributed by atoms with Crippen LogP contribution in [0.4, 0.5) is 5.82 Å². The molecule has 0 saturated carbocycles. The minimum atomic E-state index is -0.530. The Labute approximate surface area is 141 Å². The molecule has 8 heteroatoms. The predicted molar refractivity (Wildman–Crippen MR) is 87.9 cm³/mol. The summed E-state index contributed by atoms with van der Waals surface area (Å²) in [5, 5.41) is 1.68. The van der Waals surface area contributed by atoms with E-state index >= 15 is 0 Å². The number of anilines is 1. The van der Waals surface area contributed by atoms with Crippen LogP contribution in [0.3, 0.4) is 0 Å². The summed E-state index contributed by atoms with van der Waals surface area (Å²) >= 11 is 0. The van der Waals surface area contributed by atoms with E-state index in [1.54, 1.807) is 42.9 Å². The van der Waals surface area contributed by atoms with Crippen molar-refractivity contribution in [2.24, 2.45) is 0 Å². The second-order valence-corrected chi connectivity index (χ2v) is 6.55. The zero-order valence-electron chi connectivity index (χ0n) is 14.3. The highest BCUT2D eigenvalue weighted by atomic mass is 16.7. The van der Waals surface area contributed by atoms with E-state index in [-0.39, 0.29) is 12.5 Å². The summed E-state index contributed by atoms with van der Waals surface area (Å²) < 4.78 is 5.18. The molecule has 132 valence electrons. The average molecular weight is 336 g/mol. The molecule has 1 saturated heterocycles. The minimum absolute atomic E-state index is 0.0871. The van der Waals surface area contributed by atoms with Crippen LogP contribution in [0, 0.1) is 0 Å². The molecule has 2 rings (SSSR count). The van der Waals surface area contributed by atoms with Gasteiger partial charge >= 0.3 is 5.97 Å². The quantitative estimate of drug-likeness (QED) is 0.808. The molecular formula is C16H24N4O4. The van der Waals surface area contributed by atoms with Gasteiger partial charge in [-0.25, -0.2) is 9.78 Å². The third kappa shape index (κ3) is 5.47. The van der Waals surface area contributed by atoms with Crippen molar-refractivity contribution in [3.63, 3.8) is 0 Å². The Hall–Kier alpha value is -2.19. The average Bonchev–Trinajstić information content (AvgIpc) is 2.51. The van der Waals surface area contributed by atoms with Crippen LogP contribution in [0.15, 0.2) is 18.3 Å². The molecule has 0 spiro atoms. The van der Waals surface area contributed by atoms with Crippen molar-refractivity contribution in [2.75, 3.05) is 38.5 Å². The van der Waals surface area contributed by atoms with Crippen molar-refractivity contribution >= 4 is 17.7 Å². The molecule has 1 fully saturated rings. The van der Waals surface area contributed by atoms with Gasteiger partial charge in [-0.05, 0) is 32.9 Å². The minimum Gasteiger partial charge on any atom is -0.458 e. The first-order chi connectivity index (χ1) is 11.2. The van der Waals surface area contributed by atoms with Crippen molar-refractivity contribution in [1.29, 1.82) is 0 Å². The fourth-order valence-electron chi connectivity index (χ4n) is 2.30. The Balaban J connectivity index is 1.77. The maximum Gasteiger partial charge on any atom is 0.334 e. The lowest BCUT2D eigenvalue weighted by Crippen LogP contribution is -2.49. The molecule has 1 aliphatic rings. The number of nitrogens with zero attached hydrogens (tertiary/aromatic N) is 3. The number of carbonyl (C=O) groups is 2. The Kier molecular flexibility index (Phi) is 5.74. The van der Waals surface area contributed by atoms with Gasteiger partial charge in [-0.15, -0.1) is 0 Å². The van der Waals surface area contributed by atoms with E-state index in [0.29, 0.717) is 37.6 Å². The molecule has 0 aromatic carbocycles. The monoisotopic (exact) mass is 336 g/mol. The van der Waals surface area contributed by atoms with Crippen LogP contribution >= 0.6 is 0 Å². The standard InChI is InChI=1S/C16H24N4O4/c1-16(2,3)24-14(21)11-23-20-8-6-19(7-9-20)15(22)12-4-5-18-13(17)10-12/h4-5,10H,6-9,11H2,1-3H3,(H2,17,18).